The predicted molar refractivity (Wildman–Crippen MR) is 103 cm³/mol. The molecule has 0 aliphatic carbocycles. The lowest BCUT2D eigenvalue weighted by atomic mass is 10.0. The highest BCUT2D eigenvalue weighted by atomic mass is 127. The van der Waals surface area contributed by atoms with Gasteiger partial charge in [-0.1, -0.05) is 18.2 Å². The number of ether oxygens (including phenoxy) is 1. The number of benzene rings is 1. The van der Waals surface area contributed by atoms with Crippen LogP contribution in [0, 0.1) is 0 Å². The molecule has 1 unspecified atom stereocenters. The highest BCUT2D eigenvalue weighted by Crippen LogP contribution is 2.31. The van der Waals surface area contributed by atoms with Crippen molar-refractivity contribution >= 4 is 29.9 Å². The van der Waals surface area contributed by atoms with Gasteiger partial charge in [-0.25, -0.2) is 0 Å². The van der Waals surface area contributed by atoms with E-state index in [1.54, 1.807) is 7.05 Å². The van der Waals surface area contributed by atoms with Crippen molar-refractivity contribution < 1.29 is 17.9 Å². The first-order valence-corrected chi connectivity index (χ1v) is 7.83. The summed E-state index contributed by atoms with van der Waals surface area (Å²) in [5.41, 5.74) is 1.06. The lowest BCUT2D eigenvalue weighted by Crippen LogP contribution is -2.44. The number of nitrogens with one attached hydrogen (secondary N) is 2. The second-order valence-corrected chi connectivity index (χ2v) is 5.72. The summed E-state index contributed by atoms with van der Waals surface area (Å²) in [6.45, 7) is 0.329. The van der Waals surface area contributed by atoms with Crippen molar-refractivity contribution in [1.29, 1.82) is 0 Å². The molecule has 1 atom stereocenters. The average molecular weight is 472 g/mol. The van der Waals surface area contributed by atoms with E-state index in [2.05, 4.69) is 15.6 Å². The number of aliphatic imine (C=N–C) groups is 1. The molecule has 25 heavy (non-hydrogen) atoms. The summed E-state index contributed by atoms with van der Waals surface area (Å²) in [5, 5.41) is 6.36. The van der Waals surface area contributed by atoms with Crippen molar-refractivity contribution in [3.05, 3.63) is 29.8 Å². The van der Waals surface area contributed by atoms with Gasteiger partial charge in [-0.05, 0) is 13.1 Å². The number of guanidine groups is 1. The Balaban J connectivity index is 0.00000312. The first kappa shape index (κ1) is 21.8. The highest BCUT2D eigenvalue weighted by Gasteiger charge is 2.29. The molecule has 1 aliphatic heterocycles. The zero-order chi connectivity index (χ0) is 17.6. The molecule has 1 aliphatic rings. The van der Waals surface area contributed by atoms with Crippen molar-refractivity contribution in [2.24, 2.45) is 4.99 Å². The third-order valence-corrected chi connectivity index (χ3v) is 3.73. The molecule has 0 fully saturated rings. The number of likely N-dealkylation sites (N-methyl/N-ethyl adjacent to an activating group) is 1. The van der Waals surface area contributed by atoms with Crippen molar-refractivity contribution in [2.45, 2.75) is 18.6 Å². The van der Waals surface area contributed by atoms with Crippen molar-refractivity contribution in [3.8, 4) is 5.75 Å². The van der Waals surface area contributed by atoms with Crippen LogP contribution in [0.2, 0.25) is 0 Å². The van der Waals surface area contributed by atoms with E-state index >= 15 is 0 Å². The molecule has 0 bridgehead atoms. The monoisotopic (exact) mass is 472 g/mol. The number of rotatable bonds is 5. The Hall–Kier alpha value is -1.23. The summed E-state index contributed by atoms with van der Waals surface area (Å²) < 4.78 is 42.5. The smallest absolute Gasteiger partial charge is 0.401 e. The minimum Gasteiger partial charge on any atom is -0.493 e. The minimum atomic E-state index is -4.18. The second-order valence-electron chi connectivity index (χ2n) is 5.72. The van der Waals surface area contributed by atoms with E-state index in [1.807, 2.05) is 24.3 Å². The van der Waals surface area contributed by atoms with Crippen LogP contribution >= 0.6 is 24.0 Å². The Morgan fingerprint density at radius 1 is 1.36 bits per heavy atom. The van der Waals surface area contributed by atoms with E-state index in [-0.39, 0.29) is 36.6 Å². The summed E-state index contributed by atoms with van der Waals surface area (Å²) in [5.74, 6) is 1.42. The van der Waals surface area contributed by atoms with E-state index in [9.17, 15) is 13.2 Å². The van der Waals surface area contributed by atoms with Gasteiger partial charge in [0.15, 0.2) is 5.96 Å². The number of hydrogen-bond acceptors (Lipinski definition) is 3. The molecule has 1 aromatic rings. The van der Waals surface area contributed by atoms with E-state index < -0.39 is 12.7 Å². The zero-order valence-corrected chi connectivity index (χ0v) is 16.6. The highest BCUT2D eigenvalue weighted by molar-refractivity contribution is 14.0. The summed E-state index contributed by atoms with van der Waals surface area (Å²) in [4.78, 5) is 5.37. The summed E-state index contributed by atoms with van der Waals surface area (Å²) in [6, 6.07) is 7.85. The van der Waals surface area contributed by atoms with Crippen LogP contribution < -0.4 is 15.4 Å². The lowest BCUT2D eigenvalue weighted by molar-refractivity contribution is -0.142. The van der Waals surface area contributed by atoms with Gasteiger partial charge in [-0.2, -0.15) is 13.2 Å². The summed E-state index contributed by atoms with van der Waals surface area (Å²) in [7, 11) is 3.08. The fourth-order valence-electron chi connectivity index (χ4n) is 2.60. The van der Waals surface area contributed by atoms with Gasteiger partial charge in [0, 0.05) is 32.1 Å². The first-order valence-electron chi connectivity index (χ1n) is 7.83. The molecule has 2 rings (SSSR count). The van der Waals surface area contributed by atoms with Crippen LogP contribution in [0.15, 0.2) is 29.3 Å². The van der Waals surface area contributed by atoms with Crippen LogP contribution in [0.3, 0.4) is 0 Å². The standard InChI is InChI=1S/C16H23F3N4O.HI/c1-20-15(21-8-9-23(2)11-16(17,18)19)22-13-7-10-24-14-6-4-3-5-12(13)14;/h3-6,13H,7-11H2,1-2H3,(H2,20,21,22);1H. The number of para-hydroxylation sites is 1. The Morgan fingerprint density at radius 2 is 2.08 bits per heavy atom. The molecular formula is C16H24F3IN4O. The third-order valence-electron chi connectivity index (χ3n) is 3.73. The summed E-state index contributed by atoms with van der Waals surface area (Å²) >= 11 is 0. The van der Waals surface area contributed by atoms with Crippen molar-refractivity contribution in [3.63, 3.8) is 0 Å². The predicted octanol–water partition coefficient (Wildman–Crippen LogP) is 2.79. The first-order chi connectivity index (χ1) is 11.4. The van der Waals surface area contributed by atoms with Crippen LogP contribution in [-0.4, -0.2) is 57.4 Å². The Morgan fingerprint density at radius 3 is 2.76 bits per heavy atom. The van der Waals surface area contributed by atoms with E-state index in [0.717, 1.165) is 17.7 Å². The zero-order valence-electron chi connectivity index (χ0n) is 14.3. The maximum absolute atomic E-state index is 12.3. The molecule has 142 valence electrons. The van der Waals surface area contributed by atoms with Gasteiger partial charge in [0.1, 0.15) is 5.75 Å². The number of fused-ring (bicyclic) bond motifs is 1. The number of nitrogens with zero attached hydrogens (tertiary/aromatic N) is 2. The van der Waals surface area contributed by atoms with Crippen molar-refractivity contribution in [1.82, 2.24) is 15.5 Å². The Labute approximate surface area is 163 Å². The minimum absolute atomic E-state index is 0. The number of halogens is 4. The molecule has 1 aromatic carbocycles. The topological polar surface area (TPSA) is 48.9 Å². The van der Waals surface area contributed by atoms with Crippen LogP contribution in [0.25, 0.3) is 0 Å². The fourth-order valence-corrected chi connectivity index (χ4v) is 2.60. The number of hydrogen-bond donors (Lipinski definition) is 2. The van der Waals surface area contributed by atoms with Gasteiger partial charge in [0.25, 0.3) is 0 Å². The quantitative estimate of drug-likeness (QED) is 0.393. The van der Waals surface area contributed by atoms with Crippen LogP contribution in [-0.2, 0) is 0 Å². The van der Waals surface area contributed by atoms with Crippen LogP contribution in [0.1, 0.15) is 18.0 Å². The van der Waals surface area contributed by atoms with Gasteiger partial charge in [-0.3, -0.25) is 9.89 Å². The Bertz CT molecular complexity index is 569. The molecule has 0 saturated carbocycles. The molecule has 0 saturated heterocycles. The van der Waals surface area contributed by atoms with E-state index in [1.165, 1.54) is 11.9 Å². The average Bonchev–Trinajstić information content (AvgIpc) is 2.52. The Kier molecular flexibility index (Phi) is 8.77. The maximum Gasteiger partial charge on any atom is 0.401 e. The van der Waals surface area contributed by atoms with Gasteiger partial charge < -0.3 is 15.4 Å². The van der Waals surface area contributed by atoms with Gasteiger partial charge in [-0.15, -0.1) is 24.0 Å². The molecule has 1 heterocycles. The molecule has 0 radical (unpaired) electrons. The SMILES string of the molecule is CN=C(NCCN(C)CC(F)(F)F)NC1CCOc2ccccc21.I. The molecule has 0 amide bonds. The molecule has 0 aromatic heterocycles. The summed E-state index contributed by atoms with van der Waals surface area (Å²) in [6.07, 6.45) is -3.38. The number of alkyl halides is 3. The van der Waals surface area contributed by atoms with Gasteiger partial charge in [0.2, 0.25) is 0 Å². The molecular weight excluding hydrogens is 448 g/mol. The van der Waals surface area contributed by atoms with E-state index in [4.69, 9.17) is 4.74 Å². The molecule has 9 heteroatoms. The largest absolute Gasteiger partial charge is 0.493 e. The maximum atomic E-state index is 12.3. The van der Waals surface area contributed by atoms with Gasteiger partial charge >= 0.3 is 6.18 Å². The third kappa shape index (κ3) is 7.27. The normalized spacial score (nSPS) is 17.4. The van der Waals surface area contributed by atoms with Crippen LogP contribution in [0.5, 0.6) is 5.75 Å². The van der Waals surface area contributed by atoms with Crippen LogP contribution in [0.4, 0.5) is 13.2 Å². The fraction of sp³-hybridized carbons (Fsp3) is 0.562. The molecule has 0 spiro atoms. The van der Waals surface area contributed by atoms with E-state index in [0.29, 0.717) is 19.1 Å². The molecule has 2 N–H and O–H groups in total. The van der Waals surface area contributed by atoms with Gasteiger partial charge in [0.05, 0.1) is 19.2 Å². The molecule has 5 nitrogen and oxygen atoms in total. The second kappa shape index (κ2) is 10.0. The lowest BCUT2D eigenvalue weighted by Gasteiger charge is -2.28. The van der Waals surface area contributed by atoms with Crippen molar-refractivity contribution in [2.75, 3.05) is 40.3 Å².